The van der Waals surface area contributed by atoms with E-state index in [9.17, 15) is 9.59 Å². The number of para-hydroxylation sites is 1. The largest absolute Gasteiger partial charge is 0.493 e. The molecule has 0 bridgehead atoms. The molecule has 1 heterocycles. The van der Waals surface area contributed by atoms with Crippen LogP contribution >= 0.6 is 0 Å². The molecule has 0 saturated heterocycles. The molecule has 2 aromatic carbocycles. The molecule has 3 rings (SSSR count). The van der Waals surface area contributed by atoms with Crippen LogP contribution in [0.15, 0.2) is 36.4 Å². The van der Waals surface area contributed by atoms with Gasteiger partial charge in [-0.3, -0.25) is 9.59 Å². The highest BCUT2D eigenvalue weighted by Crippen LogP contribution is 2.33. The minimum absolute atomic E-state index is 0.257. The summed E-state index contributed by atoms with van der Waals surface area (Å²) >= 11 is 0. The smallest absolute Gasteiger partial charge is 0.233 e. The fourth-order valence-electron chi connectivity index (χ4n) is 3.23. The van der Waals surface area contributed by atoms with Crippen LogP contribution < -0.4 is 14.8 Å². The second-order valence-electron chi connectivity index (χ2n) is 6.42. The van der Waals surface area contributed by atoms with Crippen molar-refractivity contribution in [1.29, 1.82) is 5.26 Å². The van der Waals surface area contributed by atoms with E-state index in [4.69, 9.17) is 14.7 Å². The Balaban J connectivity index is 1.66. The minimum Gasteiger partial charge on any atom is -0.493 e. The average Bonchev–Trinajstić information content (AvgIpc) is 2.72. The first kappa shape index (κ1) is 19.2. The summed E-state index contributed by atoms with van der Waals surface area (Å²) in [6, 6.07) is 12.5. The molecule has 0 radical (unpaired) electrons. The molecule has 0 saturated carbocycles. The van der Waals surface area contributed by atoms with E-state index in [0.717, 1.165) is 11.1 Å². The Morgan fingerprint density at radius 1 is 1.14 bits per heavy atom. The van der Waals surface area contributed by atoms with Gasteiger partial charge in [0.15, 0.2) is 11.5 Å². The molecule has 2 amide bonds. The number of hydrogen-bond acceptors (Lipinski definition) is 5. The van der Waals surface area contributed by atoms with Gasteiger partial charge in [-0.25, -0.2) is 0 Å². The van der Waals surface area contributed by atoms with Crippen LogP contribution in [-0.4, -0.2) is 37.5 Å². The molecule has 0 aromatic heterocycles. The summed E-state index contributed by atoms with van der Waals surface area (Å²) < 4.78 is 10.7. The number of nitriles is 1. The summed E-state index contributed by atoms with van der Waals surface area (Å²) in [4.78, 5) is 26.5. The molecule has 7 nitrogen and oxygen atoms in total. The molecule has 0 spiro atoms. The highest BCUT2D eigenvalue weighted by Gasteiger charge is 2.24. The van der Waals surface area contributed by atoms with Crippen molar-refractivity contribution in [2.24, 2.45) is 0 Å². The third-order valence-corrected chi connectivity index (χ3v) is 4.70. The number of hydrogen-bond donors (Lipinski definition) is 1. The van der Waals surface area contributed by atoms with Gasteiger partial charge >= 0.3 is 0 Å². The van der Waals surface area contributed by atoms with Gasteiger partial charge < -0.3 is 19.7 Å². The molecular formula is C21H21N3O4. The van der Waals surface area contributed by atoms with E-state index in [2.05, 4.69) is 5.32 Å². The van der Waals surface area contributed by atoms with E-state index in [-0.39, 0.29) is 12.3 Å². The molecule has 144 valence electrons. The number of carbonyl (C=O) groups is 2. The second kappa shape index (κ2) is 8.44. The van der Waals surface area contributed by atoms with Gasteiger partial charge in [-0.1, -0.05) is 12.1 Å². The Labute approximate surface area is 163 Å². The van der Waals surface area contributed by atoms with Crippen molar-refractivity contribution in [2.75, 3.05) is 26.1 Å². The third kappa shape index (κ3) is 4.07. The van der Waals surface area contributed by atoms with E-state index in [0.29, 0.717) is 42.3 Å². The molecular weight excluding hydrogens is 358 g/mol. The highest BCUT2D eigenvalue weighted by atomic mass is 16.5. The van der Waals surface area contributed by atoms with E-state index in [1.165, 1.54) is 0 Å². The first-order valence-corrected chi connectivity index (χ1v) is 8.86. The average molecular weight is 379 g/mol. The first-order chi connectivity index (χ1) is 13.5. The number of nitrogens with one attached hydrogen (secondary N) is 1. The first-order valence-electron chi connectivity index (χ1n) is 8.86. The van der Waals surface area contributed by atoms with Crippen LogP contribution in [0.3, 0.4) is 0 Å². The summed E-state index contributed by atoms with van der Waals surface area (Å²) in [6.45, 7) is 0.944. The Morgan fingerprint density at radius 2 is 1.82 bits per heavy atom. The molecule has 28 heavy (non-hydrogen) atoms. The molecule has 1 aliphatic rings. The number of anilines is 1. The maximum atomic E-state index is 12.6. The van der Waals surface area contributed by atoms with Gasteiger partial charge in [-0.05, 0) is 41.8 Å². The molecule has 0 aliphatic carbocycles. The van der Waals surface area contributed by atoms with Crippen LogP contribution in [0.25, 0.3) is 0 Å². The minimum atomic E-state index is -0.439. The molecule has 0 fully saturated rings. The number of amides is 2. The highest BCUT2D eigenvalue weighted by molar-refractivity contribution is 6.04. The van der Waals surface area contributed by atoms with Gasteiger partial charge in [0.1, 0.15) is 12.5 Å². The van der Waals surface area contributed by atoms with Crippen LogP contribution in [0.5, 0.6) is 11.5 Å². The molecule has 2 aromatic rings. The van der Waals surface area contributed by atoms with Crippen molar-refractivity contribution >= 4 is 17.5 Å². The lowest BCUT2D eigenvalue weighted by Gasteiger charge is -2.29. The Hall–Kier alpha value is -3.53. The summed E-state index contributed by atoms with van der Waals surface area (Å²) in [5.41, 5.74) is 2.85. The van der Waals surface area contributed by atoms with Crippen molar-refractivity contribution in [3.63, 3.8) is 0 Å². The van der Waals surface area contributed by atoms with E-state index < -0.39 is 5.91 Å². The van der Waals surface area contributed by atoms with Crippen LogP contribution in [0.1, 0.15) is 23.1 Å². The maximum absolute atomic E-state index is 12.6. The number of fused-ring (bicyclic) bond motifs is 1. The molecule has 0 unspecified atom stereocenters. The van der Waals surface area contributed by atoms with Gasteiger partial charge in [-0.2, -0.15) is 5.26 Å². The fourth-order valence-corrected chi connectivity index (χ4v) is 3.23. The van der Waals surface area contributed by atoms with Crippen molar-refractivity contribution in [3.8, 4) is 17.6 Å². The number of carbonyl (C=O) groups excluding carboxylic acids is 2. The van der Waals surface area contributed by atoms with Gasteiger partial charge in [0, 0.05) is 13.1 Å². The summed E-state index contributed by atoms with van der Waals surface area (Å²) in [5.74, 6) is 0.580. The number of benzene rings is 2. The lowest BCUT2D eigenvalue weighted by atomic mass is 9.98. The SMILES string of the molecule is COc1cc2c(cc1OC)CN(C(=O)CC(=O)Nc1ccccc1C#N)CC2. The zero-order valence-electron chi connectivity index (χ0n) is 15.8. The summed E-state index contributed by atoms with van der Waals surface area (Å²) in [6.07, 6.45) is 0.405. The summed E-state index contributed by atoms with van der Waals surface area (Å²) in [7, 11) is 3.16. The van der Waals surface area contributed by atoms with Crippen LogP contribution in [0.4, 0.5) is 5.69 Å². The number of methoxy groups -OCH3 is 2. The topological polar surface area (TPSA) is 91.7 Å². The van der Waals surface area contributed by atoms with E-state index in [1.807, 2.05) is 18.2 Å². The lowest BCUT2D eigenvalue weighted by Crippen LogP contribution is -2.37. The predicted octanol–water partition coefficient (Wildman–Crippen LogP) is 2.49. The summed E-state index contributed by atoms with van der Waals surface area (Å²) in [5, 5.41) is 11.7. The molecule has 1 N–H and O–H groups in total. The van der Waals surface area contributed by atoms with Crippen molar-refractivity contribution in [3.05, 3.63) is 53.1 Å². The predicted molar refractivity (Wildman–Crippen MR) is 103 cm³/mol. The normalized spacial score (nSPS) is 12.5. The third-order valence-electron chi connectivity index (χ3n) is 4.70. The monoisotopic (exact) mass is 379 g/mol. The zero-order chi connectivity index (χ0) is 20.1. The van der Waals surface area contributed by atoms with Gasteiger partial charge in [0.05, 0.1) is 25.5 Å². The van der Waals surface area contributed by atoms with Crippen molar-refractivity contribution in [1.82, 2.24) is 4.90 Å². The lowest BCUT2D eigenvalue weighted by molar-refractivity contribution is -0.135. The number of ether oxygens (including phenoxy) is 2. The van der Waals surface area contributed by atoms with Gasteiger partial charge in [-0.15, -0.1) is 0 Å². The fraction of sp³-hybridized carbons (Fsp3) is 0.286. The van der Waals surface area contributed by atoms with Crippen LogP contribution in [0, 0.1) is 11.3 Å². The Kier molecular flexibility index (Phi) is 5.80. The van der Waals surface area contributed by atoms with Crippen molar-refractivity contribution in [2.45, 2.75) is 19.4 Å². The Bertz CT molecular complexity index is 949. The number of nitrogens with zero attached hydrogens (tertiary/aromatic N) is 2. The van der Waals surface area contributed by atoms with E-state index >= 15 is 0 Å². The van der Waals surface area contributed by atoms with Gasteiger partial charge in [0.2, 0.25) is 11.8 Å². The van der Waals surface area contributed by atoms with Crippen molar-refractivity contribution < 1.29 is 19.1 Å². The second-order valence-corrected chi connectivity index (χ2v) is 6.42. The molecule has 0 atom stereocenters. The zero-order valence-corrected chi connectivity index (χ0v) is 15.8. The standard InChI is InChI=1S/C21H21N3O4/c1-27-18-9-14-7-8-24(13-16(14)10-19(18)28-2)21(26)11-20(25)23-17-6-4-3-5-15(17)12-22/h3-6,9-10H,7-8,11,13H2,1-2H3,(H,23,25). The maximum Gasteiger partial charge on any atom is 0.233 e. The van der Waals surface area contributed by atoms with Gasteiger partial charge in [0.25, 0.3) is 0 Å². The quantitative estimate of drug-likeness (QED) is 0.806. The number of rotatable bonds is 5. The molecule has 7 heteroatoms. The van der Waals surface area contributed by atoms with E-state index in [1.54, 1.807) is 43.4 Å². The van der Waals surface area contributed by atoms with Crippen LogP contribution in [-0.2, 0) is 22.6 Å². The Morgan fingerprint density at radius 3 is 2.50 bits per heavy atom. The van der Waals surface area contributed by atoms with Crippen LogP contribution in [0.2, 0.25) is 0 Å². The molecule has 1 aliphatic heterocycles.